The molecule has 2 aromatic carbocycles. The number of hydrogen-bond donors (Lipinski definition) is 1. The molecule has 0 radical (unpaired) electrons. The van der Waals surface area contributed by atoms with Crippen molar-refractivity contribution in [1.29, 1.82) is 0 Å². The first-order valence-electron chi connectivity index (χ1n) is 10.5. The zero-order valence-electron chi connectivity index (χ0n) is 18.4. The van der Waals surface area contributed by atoms with E-state index < -0.39 is 11.9 Å². The second kappa shape index (κ2) is 9.60. The van der Waals surface area contributed by atoms with Crippen molar-refractivity contribution in [3.8, 4) is 5.75 Å². The molecule has 3 aromatic rings. The van der Waals surface area contributed by atoms with Gasteiger partial charge in [-0.2, -0.15) is 0 Å². The lowest BCUT2D eigenvalue weighted by atomic mass is 10.1. The molecule has 33 heavy (non-hydrogen) atoms. The van der Waals surface area contributed by atoms with E-state index in [2.05, 4.69) is 34.0 Å². The molecule has 8 heteroatoms. The molecule has 1 aliphatic heterocycles. The fraction of sp³-hybridized carbons (Fsp3) is 0.240. The second-order valence-corrected chi connectivity index (χ2v) is 7.79. The minimum absolute atomic E-state index is 0.0372. The maximum Gasteiger partial charge on any atom is 0.337 e. The number of hydrogen-bond acceptors (Lipinski definition) is 7. The Hall–Kier alpha value is -4.07. The van der Waals surface area contributed by atoms with Crippen LogP contribution in [0.15, 0.2) is 70.1 Å². The highest BCUT2D eigenvalue weighted by Gasteiger charge is 2.26. The van der Waals surface area contributed by atoms with E-state index in [0.717, 1.165) is 12.1 Å². The summed E-state index contributed by atoms with van der Waals surface area (Å²) < 4.78 is 15.6. The average Bonchev–Trinajstić information content (AvgIpc) is 3.13. The van der Waals surface area contributed by atoms with Gasteiger partial charge in [0.25, 0.3) is 5.91 Å². The monoisotopic (exact) mass is 448 g/mol. The maximum atomic E-state index is 12.5. The first kappa shape index (κ1) is 22.1. The normalized spacial score (nSPS) is 14.5. The molecule has 0 aliphatic carbocycles. The SMILES string of the molecule is COC(=O)c1ccc(NC(=O)COc2coc(CN3c4ccccc4CC3C)cc2=O)cc1. The van der Waals surface area contributed by atoms with Crippen LogP contribution in [0.2, 0.25) is 0 Å². The van der Waals surface area contributed by atoms with Gasteiger partial charge >= 0.3 is 5.97 Å². The Morgan fingerprint density at radius 2 is 1.91 bits per heavy atom. The van der Waals surface area contributed by atoms with Gasteiger partial charge in [-0.3, -0.25) is 9.59 Å². The number of benzene rings is 2. The number of rotatable bonds is 7. The van der Waals surface area contributed by atoms with Crippen molar-refractivity contribution in [2.24, 2.45) is 0 Å². The van der Waals surface area contributed by atoms with E-state index in [0.29, 0.717) is 29.6 Å². The molecule has 1 N–H and O–H groups in total. The lowest BCUT2D eigenvalue weighted by Crippen LogP contribution is -2.29. The molecule has 1 amide bonds. The highest BCUT2D eigenvalue weighted by atomic mass is 16.5. The van der Waals surface area contributed by atoms with E-state index in [-0.39, 0.29) is 17.8 Å². The molecule has 1 aromatic heterocycles. The van der Waals surface area contributed by atoms with Crippen LogP contribution in [-0.2, 0) is 22.5 Å². The lowest BCUT2D eigenvalue weighted by Gasteiger charge is -2.24. The van der Waals surface area contributed by atoms with Gasteiger partial charge in [0.2, 0.25) is 11.2 Å². The standard InChI is InChI=1S/C25H24N2O6/c1-16-11-18-5-3-4-6-21(18)27(16)13-20-12-22(28)23(14-32-20)33-15-24(29)26-19-9-7-17(8-10-19)25(30)31-2/h3-10,12,14,16H,11,13,15H2,1-2H3,(H,26,29). The maximum absolute atomic E-state index is 12.5. The van der Waals surface area contributed by atoms with Crippen LogP contribution >= 0.6 is 0 Å². The lowest BCUT2D eigenvalue weighted by molar-refractivity contribution is -0.118. The molecule has 1 unspecified atom stereocenters. The van der Waals surface area contributed by atoms with Gasteiger partial charge in [-0.25, -0.2) is 4.79 Å². The molecular weight excluding hydrogens is 424 g/mol. The van der Waals surface area contributed by atoms with Crippen LogP contribution in [0, 0.1) is 0 Å². The number of fused-ring (bicyclic) bond motifs is 1. The minimum atomic E-state index is -0.463. The Morgan fingerprint density at radius 3 is 2.64 bits per heavy atom. The summed E-state index contributed by atoms with van der Waals surface area (Å²) in [4.78, 5) is 38.3. The number of esters is 1. The number of methoxy groups -OCH3 is 1. The first-order chi connectivity index (χ1) is 15.9. The summed E-state index contributed by atoms with van der Waals surface area (Å²) in [5.74, 6) is -0.433. The second-order valence-electron chi connectivity index (χ2n) is 7.79. The highest BCUT2D eigenvalue weighted by Crippen LogP contribution is 2.32. The first-order valence-corrected chi connectivity index (χ1v) is 10.5. The Balaban J connectivity index is 1.34. The van der Waals surface area contributed by atoms with Gasteiger partial charge < -0.3 is 24.1 Å². The summed E-state index contributed by atoms with van der Waals surface area (Å²) in [7, 11) is 1.30. The predicted octanol–water partition coefficient (Wildman–Crippen LogP) is 3.40. The van der Waals surface area contributed by atoms with Gasteiger partial charge in [0.05, 0.1) is 19.2 Å². The Morgan fingerprint density at radius 1 is 1.15 bits per heavy atom. The predicted molar refractivity (Wildman–Crippen MR) is 123 cm³/mol. The molecule has 0 spiro atoms. The van der Waals surface area contributed by atoms with Gasteiger partial charge in [0.1, 0.15) is 12.0 Å². The number of nitrogens with one attached hydrogen (secondary N) is 1. The van der Waals surface area contributed by atoms with Crippen LogP contribution in [0.3, 0.4) is 0 Å². The van der Waals surface area contributed by atoms with Crippen LogP contribution in [0.4, 0.5) is 11.4 Å². The van der Waals surface area contributed by atoms with Crippen molar-refractivity contribution >= 4 is 23.3 Å². The van der Waals surface area contributed by atoms with Crippen molar-refractivity contribution < 1.29 is 23.5 Å². The van der Waals surface area contributed by atoms with Crippen molar-refractivity contribution in [2.45, 2.75) is 25.9 Å². The van der Waals surface area contributed by atoms with E-state index in [4.69, 9.17) is 9.15 Å². The zero-order chi connectivity index (χ0) is 23.4. The van der Waals surface area contributed by atoms with Crippen molar-refractivity contribution in [3.63, 3.8) is 0 Å². The third kappa shape index (κ3) is 5.06. The third-order valence-electron chi connectivity index (χ3n) is 5.48. The van der Waals surface area contributed by atoms with E-state index in [1.54, 1.807) is 12.1 Å². The topological polar surface area (TPSA) is 98.1 Å². The molecular formula is C25H24N2O6. The molecule has 0 bridgehead atoms. The minimum Gasteiger partial charge on any atom is -0.477 e. The molecule has 1 aliphatic rings. The summed E-state index contributed by atoms with van der Waals surface area (Å²) >= 11 is 0. The molecule has 0 fully saturated rings. The van der Waals surface area contributed by atoms with Crippen LogP contribution in [-0.4, -0.2) is 31.6 Å². The number of amides is 1. The van der Waals surface area contributed by atoms with Crippen molar-refractivity contribution in [1.82, 2.24) is 0 Å². The Bertz CT molecular complexity index is 1220. The van der Waals surface area contributed by atoms with Gasteiger partial charge in [-0.15, -0.1) is 0 Å². The molecule has 4 rings (SSSR count). The number of para-hydroxylation sites is 1. The molecule has 0 saturated carbocycles. The molecule has 8 nitrogen and oxygen atoms in total. The Labute approximate surface area is 190 Å². The molecule has 0 saturated heterocycles. The van der Waals surface area contributed by atoms with Crippen LogP contribution in [0.5, 0.6) is 5.75 Å². The van der Waals surface area contributed by atoms with Crippen molar-refractivity contribution in [2.75, 3.05) is 23.9 Å². The number of carbonyl (C=O) groups excluding carboxylic acids is 2. The van der Waals surface area contributed by atoms with E-state index >= 15 is 0 Å². The van der Waals surface area contributed by atoms with Gasteiger partial charge in [-0.1, -0.05) is 18.2 Å². The number of ether oxygens (including phenoxy) is 2. The van der Waals surface area contributed by atoms with E-state index in [1.807, 2.05) is 12.1 Å². The number of carbonyl (C=O) groups is 2. The fourth-order valence-electron chi connectivity index (χ4n) is 3.81. The van der Waals surface area contributed by atoms with Gasteiger partial charge in [0, 0.05) is 23.5 Å². The molecule has 2 heterocycles. The van der Waals surface area contributed by atoms with Gasteiger partial charge in [0.15, 0.2) is 6.61 Å². The largest absolute Gasteiger partial charge is 0.477 e. The zero-order valence-corrected chi connectivity index (χ0v) is 18.4. The number of anilines is 2. The van der Waals surface area contributed by atoms with E-state index in [1.165, 1.54) is 37.1 Å². The fourth-order valence-corrected chi connectivity index (χ4v) is 3.81. The highest BCUT2D eigenvalue weighted by molar-refractivity contribution is 5.93. The third-order valence-corrected chi connectivity index (χ3v) is 5.48. The molecule has 1 atom stereocenters. The van der Waals surface area contributed by atoms with Crippen LogP contribution in [0.25, 0.3) is 0 Å². The molecule has 170 valence electrons. The van der Waals surface area contributed by atoms with Gasteiger partial charge in [-0.05, 0) is 49.2 Å². The number of nitrogens with zero attached hydrogens (tertiary/aromatic N) is 1. The summed E-state index contributed by atoms with van der Waals surface area (Å²) in [5, 5.41) is 2.63. The summed E-state index contributed by atoms with van der Waals surface area (Å²) in [5.41, 5.74) is 2.92. The van der Waals surface area contributed by atoms with Crippen LogP contribution in [0.1, 0.15) is 28.6 Å². The summed E-state index contributed by atoms with van der Waals surface area (Å²) in [6, 6.07) is 16.1. The smallest absolute Gasteiger partial charge is 0.337 e. The van der Waals surface area contributed by atoms with Crippen LogP contribution < -0.4 is 20.4 Å². The summed E-state index contributed by atoms with van der Waals surface area (Å²) in [6.07, 6.45) is 2.19. The van der Waals surface area contributed by atoms with E-state index in [9.17, 15) is 14.4 Å². The van der Waals surface area contributed by atoms with Crippen molar-refractivity contribution in [3.05, 3.63) is 88.0 Å². The quantitative estimate of drug-likeness (QED) is 0.553. The Kier molecular flexibility index (Phi) is 6.44. The summed E-state index contributed by atoms with van der Waals surface area (Å²) in [6.45, 7) is 2.24. The average molecular weight is 448 g/mol.